The Morgan fingerprint density at radius 1 is 1.20 bits per heavy atom. The molecule has 3 aromatic rings. The van der Waals surface area contributed by atoms with Gasteiger partial charge in [0.2, 0.25) is 11.5 Å². The summed E-state index contributed by atoms with van der Waals surface area (Å²) in [6, 6.07) is 12.3. The van der Waals surface area contributed by atoms with E-state index in [-0.39, 0.29) is 6.54 Å². The van der Waals surface area contributed by atoms with Crippen molar-refractivity contribution in [3.05, 3.63) is 76.0 Å². The molecule has 1 aromatic carbocycles. The molecule has 0 fully saturated rings. The third kappa shape index (κ3) is 3.52. The second kappa shape index (κ2) is 7.55. The summed E-state index contributed by atoms with van der Waals surface area (Å²) < 4.78 is 43.6. The number of aromatic nitrogens is 2. The van der Waals surface area contributed by atoms with Crippen LogP contribution in [-0.4, -0.2) is 38.2 Å². The molecule has 2 atom stereocenters. The average Bonchev–Trinajstić information content (AvgIpc) is 3.35. The molecule has 1 amide bonds. The van der Waals surface area contributed by atoms with Gasteiger partial charge in [0.05, 0.1) is 12.5 Å². The third-order valence-corrected chi connectivity index (χ3v) is 6.43. The number of rotatable bonds is 4. The summed E-state index contributed by atoms with van der Waals surface area (Å²) in [4.78, 5) is 18.4. The van der Waals surface area contributed by atoms with Crippen LogP contribution in [0.25, 0.3) is 0 Å². The van der Waals surface area contributed by atoms with E-state index in [4.69, 9.17) is 0 Å². The molecular formula is C21H20F3N3O2S. The molecule has 0 aliphatic carbocycles. The summed E-state index contributed by atoms with van der Waals surface area (Å²) in [5, 5.41) is 11.5. The maximum atomic E-state index is 13.9. The van der Waals surface area contributed by atoms with Crippen molar-refractivity contribution in [2.75, 3.05) is 6.54 Å². The minimum Gasteiger partial charge on any atom is -0.374 e. The summed E-state index contributed by atoms with van der Waals surface area (Å²) in [6.07, 6.45) is -4.27. The summed E-state index contributed by atoms with van der Waals surface area (Å²) in [5.74, 6) is -0.774. The minimum atomic E-state index is -5.04. The highest BCUT2D eigenvalue weighted by Crippen LogP contribution is 2.44. The number of carbonyl (C=O) groups is 1. The van der Waals surface area contributed by atoms with Gasteiger partial charge in [-0.1, -0.05) is 30.3 Å². The first kappa shape index (κ1) is 20.6. The molecule has 9 heteroatoms. The van der Waals surface area contributed by atoms with E-state index < -0.39 is 35.2 Å². The number of nitrogens with zero attached hydrogens (tertiary/aromatic N) is 3. The Bertz CT molecular complexity index is 1050. The van der Waals surface area contributed by atoms with Crippen LogP contribution >= 0.6 is 11.3 Å². The number of amides is 1. The van der Waals surface area contributed by atoms with Crippen LogP contribution in [0.2, 0.25) is 0 Å². The molecule has 30 heavy (non-hydrogen) atoms. The lowest BCUT2D eigenvalue weighted by Gasteiger charge is -2.39. The van der Waals surface area contributed by atoms with Crippen LogP contribution < -0.4 is 0 Å². The number of hydrogen-bond acceptors (Lipinski definition) is 4. The van der Waals surface area contributed by atoms with Gasteiger partial charge in [-0.15, -0.1) is 11.3 Å². The van der Waals surface area contributed by atoms with Gasteiger partial charge in [0.1, 0.15) is 5.01 Å². The Hall–Kier alpha value is -2.65. The zero-order valence-corrected chi connectivity index (χ0v) is 17.0. The Balaban J connectivity index is 1.70. The van der Waals surface area contributed by atoms with Gasteiger partial charge < -0.3 is 14.6 Å². The number of fused-ring (bicyclic) bond motifs is 1. The second-order valence-electron chi connectivity index (χ2n) is 7.36. The normalized spacial score (nSPS) is 18.7. The second-order valence-corrected chi connectivity index (χ2v) is 8.21. The van der Waals surface area contributed by atoms with Crippen molar-refractivity contribution in [3.8, 4) is 0 Å². The van der Waals surface area contributed by atoms with Gasteiger partial charge in [-0.3, -0.25) is 4.79 Å². The molecule has 0 saturated carbocycles. The van der Waals surface area contributed by atoms with E-state index in [1.54, 1.807) is 6.92 Å². The van der Waals surface area contributed by atoms with Crippen LogP contribution in [-0.2, 0) is 16.9 Å². The van der Waals surface area contributed by atoms with Crippen molar-refractivity contribution in [2.45, 2.75) is 37.7 Å². The molecule has 1 N–H and O–H groups in total. The molecule has 0 saturated heterocycles. The van der Waals surface area contributed by atoms with E-state index in [1.165, 1.54) is 10.3 Å². The van der Waals surface area contributed by atoms with Gasteiger partial charge in [-0.25, -0.2) is 4.98 Å². The monoisotopic (exact) mass is 435 g/mol. The van der Waals surface area contributed by atoms with Crippen molar-refractivity contribution in [1.29, 1.82) is 0 Å². The molecule has 3 heterocycles. The fourth-order valence-corrected chi connectivity index (χ4v) is 4.71. The Morgan fingerprint density at radius 2 is 1.93 bits per heavy atom. The fraction of sp³-hybridized carbons (Fsp3) is 0.333. The Morgan fingerprint density at radius 3 is 2.57 bits per heavy atom. The van der Waals surface area contributed by atoms with Crippen LogP contribution in [0.1, 0.15) is 34.4 Å². The SMILES string of the molecule is Cc1csc([C@@](O)(CC(=O)N2CCn3cccc3[C@H]2c2ccccc2)C(F)(F)F)n1. The van der Waals surface area contributed by atoms with Gasteiger partial charge in [0.25, 0.3) is 0 Å². The third-order valence-electron chi connectivity index (χ3n) is 5.32. The van der Waals surface area contributed by atoms with Gasteiger partial charge in [-0.2, -0.15) is 13.2 Å². The highest BCUT2D eigenvalue weighted by molar-refractivity contribution is 7.09. The quantitative estimate of drug-likeness (QED) is 0.673. The lowest BCUT2D eigenvalue weighted by Crippen LogP contribution is -2.49. The molecule has 1 aliphatic rings. The Labute approximate surface area is 175 Å². The number of hydrogen-bond donors (Lipinski definition) is 1. The first-order valence-corrected chi connectivity index (χ1v) is 10.3. The number of aliphatic hydroxyl groups is 1. The smallest absolute Gasteiger partial charge is 0.374 e. The fourth-order valence-electron chi connectivity index (χ4n) is 3.80. The number of benzene rings is 1. The maximum Gasteiger partial charge on any atom is 0.424 e. The standard InChI is InChI=1S/C21H20F3N3O2S/c1-14-13-30-19(25-14)20(29,21(22,23)24)12-17(28)27-11-10-26-9-5-8-16(26)18(27)15-6-3-2-4-7-15/h2-9,13,18,29H,10-12H2,1H3/t18-,20+/m1/s1. The van der Waals surface area contributed by atoms with E-state index in [0.717, 1.165) is 11.3 Å². The molecule has 4 rings (SSSR count). The number of aryl methyl sites for hydroxylation is 1. The molecule has 2 aromatic heterocycles. The molecule has 5 nitrogen and oxygen atoms in total. The highest BCUT2D eigenvalue weighted by atomic mass is 32.1. The molecular weight excluding hydrogens is 415 g/mol. The largest absolute Gasteiger partial charge is 0.424 e. The first-order chi connectivity index (χ1) is 14.2. The molecule has 158 valence electrons. The van der Waals surface area contributed by atoms with Crippen LogP contribution in [0.3, 0.4) is 0 Å². The van der Waals surface area contributed by atoms with Crippen molar-refractivity contribution >= 4 is 17.2 Å². The zero-order valence-electron chi connectivity index (χ0n) is 16.1. The molecule has 0 spiro atoms. The molecule has 0 unspecified atom stereocenters. The number of halogens is 3. The molecule has 1 aliphatic heterocycles. The lowest BCUT2D eigenvalue weighted by molar-refractivity contribution is -0.268. The molecule has 0 radical (unpaired) electrons. The summed E-state index contributed by atoms with van der Waals surface area (Å²) in [7, 11) is 0. The minimum absolute atomic E-state index is 0.241. The predicted octanol–water partition coefficient (Wildman–Crippen LogP) is 4.02. The zero-order chi connectivity index (χ0) is 21.5. The first-order valence-electron chi connectivity index (χ1n) is 9.42. The van der Waals surface area contributed by atoms with E-state index >= 15 is 0 Å². The number of thiazole rings is 1. The van der Waals surface area contributed by atoms with Crippen molar-refractivity contribution in [1.82, 2.24) is 14.5 Å². The maximum absolute atomic E-state index is 13.9. The lowest BCUT2D eigenvalue weighted by atomic mass is 9.95. The van der Waals surface area contributed by atoms with Crippen LogP contribution in [0, 0.1) is 6.92 Å². The summed E-state index contributed by atoms with van der Waals surface area (Å²) in [6.45, 7) is 2.26. The van der Waals surface area contributed by atoms with Crippen LogP contribution in [0.4, 0.5) is 13.2 Å². The highest BCUT2D eigenvalue weighted by Gasteiger charge is 2.58. The van der Waals surface area contributed by atoms with E-state index in [2.05, 4.69) is 4.98 Å². The average molecular weight is 435 g/mol. The summed E-state index contributed by atoms with van der Waals surface area (Å²) >= 11 is 0.703. The Kier molecular flexibility index (Phi) is 5.19. The van der Waals surface area contributed by atoms with Crippen LogP contribution in [0.15, 0.2) is 54.0 Å². The summed E-state index contributed by atoms with van der Waals surface area (Å²) in [5.41, 5.74) is -1.35. The van der Waals surface area contributed by atoms with E-state index in [0.29, 0.717) is 23.6 Å². The number of alkyl halides is 3. The van der Waals surface area contributed by atoms with Crippen molar-refractivity contribution < 1.29 is 23.1 Å². The van der Waals surface area contributed by atoms with E-state index in [9.17, 15) is 23.1 Å². The van der Waals surface area contributed by atoms with E-state index in [1.807, 2.05) is 53.2 Å². The predicted molar refractivity (Wildman–Crippen MR) is 106 cm³/mol. The molecule has 0 bridgehead atoms. The van der Waals surface area contributed by atoms with Gasteiger partial charge in [0, 0.05) is 36.1 Å². The number of carbonyl (C=O) groups excluding carboxylic acids is 1. The van der Waals surface area contributed by atoms with Crippen LogP contribution in [0.5, 0.6) is 0 Å². The topological polar surface area (TPSA) is 58.4 Å². The van der Waals surface area contributed by atoms with Gasteiger partial charge >= 0.3 is 6.18 Å². The van der Waals surface area contributed by atoms with Crippen molar-refractivity contribution in [3.63, 3.8) is 0 Å². The van der Waals surface area contributed by atoms with Crippen molar-refractivity contribution in [2.24, 2.45) is 0 Å². The van der Waals surface area contributed by atoms with Gasteiger partial charge in [0.15, 0.2) is 0 Å². The van der Waals surface area contributed by atoms with Gasteiger partial charge in [-0.05, 0) is 24.6 Å².